The highest BCUT2D eigenvalue weighted by Gasteiger charge is 2.16. The van der Waals surface area contributed by atoms with Crippen LogP contribution in [0.5, 0.6) is 0 Å². The largest absolute Gasteiger partial charge is 0.297 e. The van der Waals surface area contributed by atoms with Crippen molar-refractivity contribution in [1.82, 2.24) is 14.4 Å². The number of halogens is 1. The van der Waals surface area contributed by atoms with Gasteiger partial charge in [-0.3, -0.25) is 14.5 Å². The first-order valence-electron chi connectivity index (χ1n) is 4.73. The van der Waals surface area contributed by atoms with Gasteiger partial charge in [-0.05, 0) is 6.07 Å². The molecule has 2 heterocycles. The number of non-ortho nitro benzene ring substituents is 1. The molecule has 7 heteroatoms. The summed E-state index contributed by atoms with van der Waals surface area (Å²) in [5.74, 6) is 0. The topological polar surface area (TPSA) is 73.3 Å². The fourth-order valence-corrected chi connectivity index (χ4v) is 2.00. The van der Waals surface area contributed by atoms with Gasteiger partial charge in [-0.15, -0.1) is 0 Å². The molecule has 0 spiro atoms. The number of aromatic nitrogens is 3. The quantitative estimate of drug-likeness (QED) is 0.490. The molecule has 0 saturated carbocycles. The summed E-state index contributed by atoms with van der Waals surface area (Å²) in [5, 5.41) is 11.1. The lowest BCUT2D eigenvalue weighted by Crippen LogP contribution is -1.96. The van der Waals surface area contributed by atoms with E-state index in [0.717, 1.165) is 0 Å². The zero-order valence-corrected chi connectivity index (χ0v) is 9.13. The van der Waals surface area contributed by atoms with Gasteiger partial charge in [0.25, 0.3) is 5.69 Å². The lowest BCUT2D eigenvalue weighted by molar-refractivity contribution is -0.383. The highest BCUT2D eigenvalue weighted by Crippen LogP contribution is 2.27. The summed E-state index contributed by atoms with van der Waals surface area (Å²) in [5.41, 5.74) is 1.42. The number of nitro benzene ring substituents is 1. The molecule has 0 bridgehead atoms. The summed E-state index contributed by atoms with van der Waals surface area (Å²) in [4.78, 5) is 18.4. The lowest BCUT2D eigenvalue weighted by atomic mass is 10.2. The number of hydrogen-bond acceptors (Lipinski definition) is 4. The monoisotopic (exact) mass is 248 g/mol. The SMILES string of the molecule is O=[N+]([O-])c1cccc2c1nc(Cl)c1cncn12. The molecule has 0 unspecified atom stereocenters. The van der Waals surface area contributed by atoms with Crippen LogP contribution in [0.25, 0.3) is 16.6 Å². The minimum atomic E-state index is -0.478. The van der Waals surface area contributed by atoms with Gasteiger partial charge < -0.3 is 0 Å². The van der Waals surface area contributed by atoms with Gasteiger partial charge in [0.2, 0.25) is 0 Å². The molecule has 0 aliphatic rings. The Morgan fingerprint density at radius 3 is 2.94 bits per heavy atom. The minimum absolute atomic E-state index is 0.0694. The molecule has 17 heavy (non-hydrogen) atoms. The maximum Gasteiger partial charge on any atom is 0.297 e. The predicted molar refractivity (Wildman–Crippen MR) is 62.2 cm³/mol. The molecule has 0 fully saturated rings. The Kier molecular flexibility index (Phi) is 1.99. The first-order valence-corrected chi connectivity index (χ1v) is 5.11. The fourth-order valence-electron chi connectivity index (χ4n) is 1.77. The molecule has 0 amide bonds. The Morgan fingerprint density at radius 1 is 1.35 bits per heavy atom. The summed E-state index contributed by atoms with van der Waals surface area (Å²) in [6.45, 7) is 0. The third kappa shape index (κ3) is 1.34. The Bertz CT molecular complexity index is 752. The second-order valence-electron chi connectivity index (χ2n) is 3.45. The zero-order chi connectivity index (χ0) is 12.0. The normalized spacial score (nSPS) is 11.1. The third-order valence-corrected chi connectivity index (χ3v) is 2.79. The molecule has 0 saturated heterocycles. The van der Waals surface area contributed by atoms with Gasteiger partial charge in [-0.25, -0.2) is 9.97 Å². The number of para-hydroxylation sites is 1. The van der Waals surface area contributed by atoms with Gasteiger partial charge in [-0.1, -0.05) is 17.7 Å². The first kappa shape index (κ1) is 9.98. The Balaban J connectivity index is 2.58. The zero-order valence-electron chi connectivity index (χ0n) is 8.37. The van der Waals surface area contributed by atoms with Crippen molar-refractivity contribution in [2.45, 2.75) is 0 Å². The van der Waals surface area contributed by atoms with E-state index in [1.54, 1.807) is 29.1 Å². The summed E-state index contributed by atoms with van der Waals surface area (Å²) in [6, 6.07) is 4.74. The van der Waals surface area contributed by atoms with E-state index < -0.39 is 4.92 Å². The third-order valence-electron chi connectivity index (χ3n) is 2.51. The molecule has 0 radical (unpaired) electrons. The second-order valence-corrected chi connectivity index (χ2v) is 3.81. The number of hydrogen-bond donors (Lipinski definition) is 0. The number of imidazole rings is 1. The Hall–Kier alpha value is -2.21. The molecule has 1 aromatic carbocycles. The molecule has 0 N–H and O–H groups in total. The van der Waals surface area contributed by atoms with Gasteiger partial charge in [0.1, 0.15) is 5.52 Å². The lowest BCUT2D eigenvalue weighted by Gasteiger charge is -2.03. The highest BCUT2D eigenvalue weighted by molar-refractivity contribution is 6.33. The smallest absolute Gasteiger partial charge is 0.294 e. The van der Waals surface area contributed by atoms with E-state index in [9.17, 15) is 10.1 Å². The van der Waals surface area contributed by atoms with E-state index in [1.165, 1.54) is 6.07 Å². The van der Waals surface area contributed by atoms with E-state index in [1.807, 2.05) is 0 Å². The van der Waals surface area contributed by atoms with E-state index >= 15 is 0 Å². The van der Waals surface area contributed by atoms with E-state index in [0.29, 0.717) is 11.0 Å². The van der Waals surface area contributed by atoms with Crippen LogP contribution in [-0.4, -0.2) is 19.3 Å². The van der Waals surface area contributed by atoms with Crippen LogP contribution in [0.3, 0.4) is 0 Å². The molecular weight excluding hydrogens is 244 g/mol. The molecule has 84 valence electrons. The molecule has 6 nitrogen and oxygen atoms in total. The van der Waals surface area contributed by atoms with Crippen LogP contribution in [0.2, 0.25) is 5.15 Å². The maximum atomic E-state index is 10.9. The van der Waals surface area contributed by atoms with Gasteiger partial charge in [0.05, 0.1) is 23.0 Å². The molecule has 3 aromatic rings. The van der Waals surface area contributed by atoms with Crippen molar-refractivity contribution in [2.24, 2.45) is 0 Å². The summed E-state index contributed by atoms with van der Waals surface area (Å²) < 4.78 is 1.68. The van der Waals surface area contributed by atoms with Crippen LogP contribution in [-0.2, 0) is 0 Å². The number of rotatable bonds is 1. The molecule has 3 rings (SSSR count). The van der Waals surface area contributed by atoms with Crippen molar-refractivity contribution >= 4 is 33.8 Å². The molecular formula is C10H5ClN4O2. The molecule has 0 aliphatic heterocycles. The van der Waals surface area contributed by atoms with Gasteiger partial charge in [0.15, 0.2) is 10.7 Å². The summed E-state index contributed by atoms with van der Waals surface area (Å²) in [6.07, 6.45) is 3.11. The fraction of sp³-hybridized carbons (Fsp3) is 0. The number of benzene rings is 1. The minimum Gasteiger partial charge on any atom is -0.294 e. The standard InChI is InChI=1S/C10H5ClN4O2/c11-10-8-4-12-5-14(8)6-2-1-3-7(15(16)17)9(6)13-10/h1-5H. The Labute approximate surface area is 99.6 Å². The number of fused-ring (bicyclic) bond motifs is 3. The van der Waals surface area contributed by atoms with Crippen molar-refractivity contribution in [3.05, 3.63) is 46.0 Å². The van der Waals surface area contributed by atoms with Crippen molar-refractivity contribution in [3.63, 3.8) is 0 Å². The second kappa shape index (κ2) is 3.39. The van der Waals surface area contributed by atoms with Crippen LogP contribution in [0, 0.1) is 10.1 Å². The van der Waals surface area contributed by atoms with Gasteiger partial charge in [-0.2, -0.15) is 0 Å². The summed E-state index contributed by atoms with van der Waals surface area (Å²) >= 11 is 5.96. The average Bonchev–Trinajstić information content (AvgIpc) is 2.78. The van der Waals surface area contributed by atoms with Crippen molar-refractivity contribution in [1.29, 1.82) is 0 Å². The Morgan fingerprint density at radius 2 is 2.18 bits per heavy atom. The maximum absolute atomic E-state index is 10.9. The van der Waals surface area contributed by atoms with Crippen molar-refractivity contribution < 1.29 is 4.92 Å². The van der Waals surface area contributed by atoms with Crippen LogP contribution in [0.4, 0.5) is 5.69 Å². The number of nitro groups is 1. The van der Waals surface area contributed by atoms with Crippen molar-refractivity contribution in [3.8, 4) is 0 Å². The van der Waals surface area contributed by atoms with Crippen LogP contribution >= 0.6 is 11.6 Å². The van der Waals surface area contributed by atoms with E-state index in [4.69, 9.17) is 11.6 Å². The van der Waals surface area contributed by atoms with Gasteiger partial charge >= 0.3 is 0 Å². The molecule has 0 aliphatic carbocycles. The van der Waals surface area contributed by atoms with Crippen molar-refractivity contribution in [2.75, 3.05) is 0 Å². The average molecular weight is 249 g/mol. The predicted octanol–water partition coefficient (Wildman–Crippen LogP) is 2.44. The van der Waals surface area contributed by atoms with E-state index in [-0.39, 0.29) is 16.4 Å². The van der Waals surface area contributed by atoms with Crippen LogP contribution in [0.1, 0.15) is 0 Å². The van der Waals surface area contributed by atoms with Gasteiger partial charge in [0, 0.05) is 6.07 Å². The molecule has 2 aromatic heterocycles. The van der Waals surface area contributed by atoms with E-state index in [2.05, 4.69) is 9.97 Å². The van der Waals surface area contributed by atoms with Crippen LogP contribution < -0.4 is 0 Å². The highest BCUT2D eigenvalue weighted by atomic mass is 35.5. The van der Waals surface area contributed by atoms with Crippen LogP contribution in [0.15, 0.2) is 30.7 Å². The first-order chi connectivity index (χ1) is 8.18. The molecule has 0 atom stereocenters. The summed E-state index contributed by atoms with van der Waals surface area (Å²) in [7, 11) is 0. The number of nitrogens with zero attached hydrogens (tertiary/aromatic N) is 4.